The van der Waals surface area contributed by atoms with Gasteiger partial charge in [-0.2, -0.15) is 0 Å². The van der Waals surface area contributed by atoms with E-state index < -0.39 is 0 Å². The van der Waals surface area contributed by atoms with Crippen molar-refractivity contribution in [2.45, 2.75) is 6.92 Å². The first-order valence-electron chi connectivity index (χ1n) is 5.65. The lowest BCUT2D eigenvalue weighted by molar-refractivity contribution is 0.262. The number of nitrogens with one attached hydrogen (secondary N) is 2. The number of hydrogen-bond donors (Lipinski definition) is 3. The average molecular weight is 241 g/mol. The smallest absolute Gasteiger partial charge is 0.323 e. The van der Waals surface area contributed by atoms with Crippen LogP contribution in [0.15, 0.2) is 48.5 Å². The van der Waals surface area contributed by atoms with Crippen molar-refractivity contribution < 1.29 is 4.79 Å². The zero-order chi connectivity index (χ0) is 13.0. The third-order valence-corrected chi connectivity index (χ3v) is 2.58. The topological polar surface area (TPSA) is 67.1 Å². The number of anilines is 3. The summed E-state index contributed by atoms with van der Waals surface area (Å²) in [6, 6.07) is 14.5. The Labute approximate surface area is 106 Å². The van der Waals surface area contributed by atoms with Crippen LogP contribution in [0, 0.1) is 6.92 Å². The number of nitrogen functional groups attached to an aromatic ring is 1. The number of benzene rings is 2. The van der Waals surface area contributed by atoms with Gasteiger partial charge in [-0.25, -0.2) is 4.79 Å². The van der Waals surface area contributed by atoms with Crippen molar-refractivity contribution in [3.8, 4) is 0 Å². The van der Waals surface area contributed by atoms with E-state index in [1.165, 1.54) is 0 Å². The zero-order valence-electron chi connectivity index (χ0n) is 10.1. The molecular formula is C14H15N3O. The molecule has 0 fully saturated rings. The van der Waals surface area contributed by atoms with E-state index in [1.54, 1.807) is 6.07 Å². The van der Waals surface area contributed by atoms with Crippen LogP contribution in [0.2, 0.25) is 0 Å². The Hall–Kier alpha value is -2.49. The first-order valence-corrected chi connectivity index (χ1v) is 5.65. The highest BCUT2D eigenvalue weighted by Crippen LogP contribution is 2.22. The minimum Gasteiger partial charge on any atom is -0.397 e. The second-order valence-electron chi connectivity index (χ2n) is 3.98. The number of amides is 2. The number of carbonyl (C=O) groups is 1. The molecule has 0 saturated heterocycles. The number of urea groups is 1. The van der Waals surface area contributed by atoms with E-state index in [9.17, 15) is 4.79 Å². The van der Waals surface area contributed by atoms with Gasteiger partial charge in [0.2, 0.25) is 0 Å². The molecule has 0 spiro atoms. The van der Waals surface area contributed by atoms with E-state index >= 15 is 0 Å². The summed E-state index contributed by atoms with van der Waals surface area (Å²) in [4.78, 5) is 11.8. The van der Waals surface area contributed by atoms with Crippen molar-refractivity contribution in [2.75, 3.05) is 16.4 Å². The molecule has 0 heterocycles. The van der Waals surface area contributed by atoms with Crippen LogP contribution in [0.3, 0.4) is 0 Å². The molecule has 2 aromatic rings. The van der Waals surface area contributed by atoms with Crippen LogP contribution in [0.4, 0.5) is 21.9 Å². The van der Waals surface area contributed by atoms with E-state index in [0.29, 0.717) is 11.4 Å². The predicted molar refractivity (Wildman–Crippen MR) is 74.7 cm³/mol. The summed E-state index contributed by atoms with van der Waals surface area (Å²) in [5, 5.41) is 5.49. The van der Waals surface area contributed by atoms with Crippen LogP contribution in [0.1, 0.15) is 5.56 Å². The molecule has 0 aliphatic rings. The van der Waals surface area contributed by atoms with Crippen molar-refractivity contribution in [1.29, 1.82) is 0 Å². The lowest BCUT2D eigenvalue weighted by Gasteiger charge is -2.12. The van der Waals surface area contributed by atoms with E-state index in [-0.39, 0.29) is 6.03 Å². The maximum absolute atomic E-state index is 11.8. The summed E-state index contributed by atoms with van der Waals surface area (Å²) in [5.74, 6) is 0. The monoisotopic (exact) mass is 241 g/mol. The van der Waals surface area contributed by atoms with E-state index in [0.717, 1.165) is 11.3 Å². The van der Waals surface area contributed by atoms with Crippen molar-refractivity contribution in [2.24, 2.45) is 0 Å². The fourth-order valence-corrected chi connectivity index (χ4v) is 1.66. The zero-order valence-corrected chi connectivity index (χ0v) is 10.1. The van der Waals surface area contributed by atoms with Gasteiger partial charge in [-0.05, 0) is 30.7 Å². The van der Waals surface area contributed by atoms with Crippen molar-refractivity contribution >= 4 is 23.1 Å². The molecule has 0 aliphatic heterocycles. The second kappa shape index (κ2) is 5.23. The van der Waals surface area contributed by atoms with E-state index in [1.807, 2.05) is 49.4 Å². The number of carbonyl (C=O) groups excluding carboxylic acids is 1. The van der Waals surface area contributed by atoms with Gasteiger partial charge in [0, 0.05) is 5.69 Å². The van der Waals surface area contributed by atoms with E-state index in [4.69, 9.17) is 5.73 Å². The second-order valence-corrected chi connectivity index (χ2v) is 3.98. The highest BCUT2D eigenvalue weighted by Gasteiger charge is 2.07. The molecule has 92 valence electrons. The van der Waals surface area contributed by atoms with Gasteiger partial charge in [0.25, 0.3) is 0 Å². The molecule has 4 nitrogen and oxygen atoms in total. The summed E-state index contributed by atoms with van der Waals surface area (Å²) < 4.78 is 0. The fourth-order valence-electron chi connectivity index (χ4n) is 1.66. The van der Waals surface area contributed by atoms with Crippen LogP contribution >= 0.6 is 0 Å². The third kappa shape index (κ3) is 2.79. The largest absolute Gasteiger partial charge is 0.397 e. The molecule has 0 aromatic heterocycles. The molecular weight excluding hydrogens is 226 g/mol. The Balaban J connectivity index is 2.08. The molecule has 0 bridgehead atoms. The van der Waals surface area contributed by atoms with Gasteiger partial charge in [0.05, 0.1) is 11.4 Å². The molecule has 0 atom stereocenters. The Morgan fingerprint density at radius 3 is 2.39 bits per heavy atom. The SMILES string of the molecule is Cc1cccc(N)c1NC(=O)Nc1ccccc1. The summed E-state index contributed by atoms with van der Waals surface area (Å²) in [6.07, 6.45) is 0. The predicted octanol–water partition coefficient (Wildman–Crippen LogP) is 3.22. The van der Waals surface area contributed by atoms with Gasteiger partial charge in [-0.1, -0.05) is 30.3 Å². The van der Waals surface area contributed by atoms with Crippen LogP contribution in [0.25, 0.3) is 0 Å². The van der Waals surface area contributed by atoms with Crippen LogP contribution in [-0.2, 0) is 0 Å². The summed E-state index contributed by atoms with van der Waals surface area (Å²) in [5.41, 5.74) is 8.69. The number of hydrogen-bond acceptors (Lipinski definition) is 2. The Morgan fingerprint density at radius 1 is 1.00 bits per heavy atom. The van der Waals surface area contributed by atoms with Crippen molar-refractivity contribution in [1.82, 2.24) is 0 Å². The Bertz CT molecular complexity index is 532. The maximum Gasteiger partial charge on any atom is 0.323 e. The molecule has 0 saturated carbocycles. The van der Waals surface area contributed by atoms with Gasteiger partial charge < -0.3 is 16.4 Å². The molecule has 4 heteroatoms. The van der Waals surface area contributed by atoms with E-state index in [2.05, 4.69) is 10.6 Å². The minimum atomic E-state index is -0.304. The molecule has 2 aromatic carbocycles. The van der Waals surface area contributed by atoms with Gasteiger partial charge >= 0.3 is 6.03 Å². The molecule has 0 radical (unpaired) electrons. The summed E-state index contributed by atoms with van der Waals surface area (Å²) in [6.45, 7) is 1.90. The lowest BCUT2D eigenvalue weighted by atomic mass is 10.2. The Kier molecular flexibility index (Phi) is 3.48. The Morgan fingerprint density at radius 2 is 1.72 bits per heavy atom. The van der Waals surface area contributed by atoms with Crippen LogP contribution < -0.4 is 16.4 Å². The van der Waals surface area contributed by atoms with Gasteiger partial charge in [-0.3, -0.25) is 0 Å². The number of aryl methyl sites for hydroxylation is 1. The number of rotatable bonds is 2. The molecule has 18 heavy (non-hydrogen) atoms. The molecule has 2 amide bonds. The standard InChI is InChI=1S/C14H15N3O/c1-10-6-5-9-12(15)13(10)17-14(18)16-11-7-3-2-4-8-11/h2-9H,15H2,1H3,(H2,16,17,18). The fraction of sp³-hybridized carbons (Fsp3) is 0.0714. The van der Waals surface area contributed by atoms with Gasteiger partial charge in [0.1, 0.15) is 0 Å². The number of para-hydroxylation sites is 2. The molecule has 2 rings (SSSR count). The van der Waals surface area contributed by atoms with Gasteiger partial charge in [0.15, 0.2) is 0 Å². The average Bonchev–Trinajstić information content (AvgIpc) is 2.35. The van der Waals surface area contributed by atoms with Crippen LogP contribution in [-0.4, -0.2) is 6.03 Å². The molecule has 0 unspecified atom stereocenters. The number of nitrogens with two attached hydrogens (primary N) is 1. The summed E-state index contributed by atoms with van der Waals surface area (Å²) >= 11 is 0. The summed E-state index contributed by atoms with van der Waals surface area (Å²) in [7, 11) is 0. The van der Waals surface area contributed by atoms with Gasteiger partial charge in [-0.15, -0.1) is 0 Å². The minimum absolute atomic E-state index is 0.304. The first-order chi connectivity index (χ1) is 8.66. The lowest BCUT2D eigenvalue weighted by Crippen LogP contribution is -2.20. The highest BCUT2D eigenvalue weighted by atomic mass is 16.2. The van der Waals surface area contributed by atoms with Crippen LogP contribution in [0.5, 0.6) is 0 Å². The highest BCUT2D eigenvalue weighted by molar-refractivity contribution is 6.02. The van der Waals surface area contributed by atoms with Crippen molar-refractivity contribution in [3.63, 3.8) is 0 Å². The maximum atomic E-state index is 11.8. The third-order valence-electron chi connectivity index (χ3n) is 2.58. The first kappa shape index (κ1) is 12.0. The normalized spacial score (nSPS) is 9.83. The quantitative estimate of drug-likeness (QED) is 0.707. The van der Waals surface area contributed by atoms with Crippen molar-refractivity contribution in [3.05, 3.63) is 54.1 Å². The molecule has 4 N–H and O–H groups in total. The molecule has 0 aliphatic carbocycles.